The number of H-pyrrole nitrogens is 1. The lowest BCUT2D eigenvalue weighted by atomic mass is 10.2. The van der Waals surface area contributed by atoms with E-state index in [1.165, 1.54) is 16.7 Å². The van der Waals surface area contributed by atoms with Gasteiger partial charge in [-0.2, -0.15) is 0 Å². The van der Waals surface area contributed by atoms with Gasteiger partial charge >= 0.3 is 0 Å². The number of hydrogen-bond donors (Lipinski definition) is 1. The quantitative estimate of drug-likeness (QED) is 0.613. The zero-order chi connectivity index (χ0) is 11.7. The van der Waals surface area contributed by atoms with Gasteiger partial charge in [0.1, 0.15) is 0 Å². The van der Waals surface area contributed by atoms with Gasteiger partial charge in [0.05, 0.1) is 11.0 Å². The van der Waals surface area contributed by atoms with Crippen LogP contribution in [0.3, 0.4) is 0 Å². The van der Waals surface area contributed by atoms with Gasteiger partial charge in [0.25, 0.3) is 0 Å². The molecule has 0 spiro atoms. The second-order valence-corrected chi connectivity index (χ2v) is 4.68. The highest BCUT2D eigenvalue weighted by Gasteiger charge is 2.04. The fraction of sp³-hybridized carbons (Fsp3) is 0.308. The number of imidazole rings is 1. The number of aromatic nitrogens is 2. The van der Waals surface area contributed by atoms with Gasteiger partial charge in [-0.1, -0.05) is 23.8 Å². The van der Waals surface area contributed by atoms with Gasteiger partial charge < -0.3 is 9.55 Å². The van der Waals surface area contributed by atoms with Crippen molar-refractivity contribution < 1.29 is 0 Å². The Balaban J connectivity index is 2.61. The largest absolute Gasteiger partial charge is 0.330 e. The zero-order valence-electron chi connectivity index (χ0n) is 9.87. The number of nitrogens with one attached hydrogen (secondary N) is 1. The van der Waals surface area contributed by atoms with Crippen molar-refractivity contribution in [2.24, 2.45) is 0 Å². The van der Waals surface area contributed by atoms with Crippen LogP contribution in [0.15, 0.2) is 29.8 Å². The minimum absolute atomic E-state index is 0.793. The van der Waals surface area contributed by atoms with Gasteiger partial charge in [-0.05, 0) is 44.6 Å². The molecule has 0 saturated heterocycles. The Labute approximate surface area is 101 Å². The van der Waals surface area contributed by atoms with Crippen molar-refractivity contribution in [2.45, 2.75) is 27.3 Å². The maximum Gasteiger partial charge on any atom is 0.178 e. The number of rotatable bonds is 2. The lowest BCUT2D eigenvalue weighted by molar-refractivity contribution is 0.828. The molecular formula is C13H16N2S. The molecule has 1 N–H and O–H groups in total. The first kappa shape index (κ1) is 11.1. The fourth-order valence-electron chi connectivity index (χ4n) is 1.78. The first-order valence-electron chi connectivity index (χ1n) is 5.41. The van der Waals surface area contributed by atoms with Crippen LogP contribution in [0.25, 0.3) is 11.0 Å². The molecule has 2 aromatic rings. The number of allylic oxidation sites excluding steroid dienone is 2. The maximum absolute atomic E-state index is 5.34. The number of aryl methyl sites for hydroxylation is 1. The molecule has 0 aliphatic heterocycles. The second kappa shape index (κ2) is 4.26. The summed E-state index contributed by atoms with van der Waals surface area (Å²) in [7, 11) is 0. The average molecular weight is 232 g/mol. The molecule has 3 heteroatoms. The molecule has 0 fully saturated rings. The molecule has 84 valence electrons. The molecule has 1 aromatic carbocycles. The minimum atomic E-state index is 0.793. The van der Waals surface area contributed by atoms with Crippen LogP contribution < -0.4 is 0 Å². The van der Waals surface area contributed by atoms with Gasteiger partial charge in [0, 0.05) is 6.54 Å². The van der Waals surface area contributed by atoms with Gasteiger partial charge in [0.15, 0.2) is 4.77 Å². The third-order valence-corrected chi connectivity index (χ3v) is 3.02. The van der Waals surface area contributed by atoms with Gasteiger partial charge in [-0.25, -0.2) is 0 Å². The van der Waals surface area contributed by atoms with Crippen molar-refractivity contribution in [2.75, 3.05) is 0 Å². The van der Waals surface area contributed by atoms with Crippen molar-refractivity contribution in [3.8, 4) is 0 Å². The van der Waals surface area contributed by atoms with Crippen LogP contribution in [-0.4, -0.2) is 9.55 Å². The summed E-state index contributed by atoms with van der Waals surface area (Å²) in [6.07, 6.45) is 2.19. The van der Waals surface area contributed by atoms with Gasteiger partial charge in [0.2, 0.25) is 0 Å². The molecule has 0 unspecified atom stereocenters. The standard InChI is InChI=1S/C13H16N2S/c1-9(2)7-8-15-11-6-4-5-10(3)12(11)14-13(15)16/h4-7H,8H2,1-3H3,(H,14,16). The van der Waals surface area contributed by atoms with Crippen LogP contribution in [0.2, 0.25) is 0 Å². The van der Waals surface area contributed by atoms with Crippen LogP contribution in [0.5, 0.6) is 0 Å². The van der Waals surface area contributed by atoms with Gasteiger partial charge in [-0.15, -0.1) is 0 Å². The summed E-state index contributed by atoms with van der Waals surface area (Å²) in [5.41, 5.74) is 4.88. The highest BCUT2D eigenvalue weighted by Crippen LogP contribution is 2.17. The number of fused-ring (bicyclic) bond motifs is 1. The summed E-state index contributed by atoms with van der Waals surface area (Å²) in [5.74, 6) is 0. The summed E-state index contributed by atoms with van der Waals surface area (Å²) >= 11 is 5.34. The van der Waals surface area contributed by atoms with E-state index in [9.17, 15) is 0 Å². The molecule has 0 radical (unpaired) electrons. The van der Waals surface area contributed by atoms with E-state index < -0.39 is 0 Å². The smallest absolute Gasteiger partial charge is 0.178 e. The number of hydrogen-bond acceptors (Lipinski definition) is 1. The summed E-state index contributed by atoms with van der Waals surface area (Å²) in [6.45, 7) is 7.14. The Bertz CT molecular complexity index is 598. The first-order chi connectivity index (χ1) is 7.59. The number of benzene rings is 1. The average Bonchev–Trinajstić information content (AvgIpc) is 2.53. The lowest BCUT2D eigenvalue weighted by Gasteiger charge is -2.01. The first-order valence-corrected chi connectivity index (χ1v) is 5.82. The van der Waals surface area contributed by atoms with E-state index in [-0.39, 0.29) is 0 Å². The van der Waals surface area contributed by atoms with E-state index >= 15 is 0 Å². The normalized spacial score (nSPS) is 10.7. The molecule has 0 saturated carbocycles. The molecule has 0 atom stereocenters. The van der Waals surface area contributed by atoms with Crippen molar-refractivity contribution in [1.82, 2.24) is 9.55 Å². The lowest BCUT2D eigenvalue weighted by Crippen LogP contribution is -1.95. The number of nitrogens with zero attached hydrogens (tertiary/aromatic N) is 1. The topological polar surface area (TPSA) is 20.7 Å². The minimum Gasteiger partial charge on any atom is -0.330 e. The molecule has 0 amide bonds. The van der Waals surface area contributed by atoms with Crippen molar-refractivity contribution in [1.29, 1.82) is 0 Å². The van der Waals surface area contributed by atoms with Crippen LogP contribution >= 0.6 is 12.2 Å². The van der Waals surface area contributed by atoms with Crippen molar-refractivity contribution in [3.05, 3.63) is 40.2 Å². The molecule has 0 bridgehead atoms. The Morgan fingerprint density at radius 1 is 1.44 bits per heavy atom. The van der Waals surface area contributed by atoms with Crippen LogP contribution in [-0.2, 0) is 6.54 Å². The zero-order valence-corrected chi connectivity index (χ0v) is 10.7. The highest BCUT2D eigenvalue weighted by atomic mass is 32.1. The summed E-state index contributed by atoms with van der Waals surface area (Å²) in [6, 6.07) is 6.27. The maximum atomic E-state index is 5.34. The monoisotopic (exact) mass is 232 g/mol. The second-order valence-electron chi connectivity index (χ2n) is 4.29. The van der Waals surface area contributed by atoms with Crippen molar-refractivity contribution >= 4 is 23.3 Å². The van der Waals surface area contributed by atoms with Gasteiger partial charge in [-0.3, -0.25) is 0 Å². The molecular weight excluding hydrogens is 216 g/mol. The molecule has 1 heterocycles. The SMILES string of the molecule is CC(C)=CCn1c(=S)[nH]c2c(C)cccc21. The van der Waals surface area contributed by atoms with E-state index in [4.69, 9.17) is 12.2 Å². The van der Waals surface area contributed by atoms with E-state index in [0.29, 0.717) is 0 Å². The Kier molecular flexibility index (Phi) is 2.97. The third kappa shape index (κ3) is 1.95. The summed E-state index contributed by atoms with van der Waals surface area (Å²) in [5, 5.41) is 0. The molecule has 1 aromatic heterocycles. The third-order valence-electron chi connectivity index (χ3n) is 2.70. The number of aromatic amines is 1. The molecule has 2 nitrogen and oxygen atoms in total. The predicted octanol–water partition coefficient (Wildman–Crippen LogP) is 3.97. The number of para-hydroxylation sites is 1. The van der Waals surface area contributed by atoms with E-state index in [2.05, 4.69) is 54.6 Å². The van der Waals surface area contributed by atoms with Crippen molar-refractivity contribution in [3.63, 3.8) is 0 Å². The van der Waals surface area contributed by atoms with Crippen LogP contribution in [0.1, 0.15) is 19.4 Å². The van der Waals surface area contributed by atoms with Crippen LogP contribution in [0, 0.1) is 11.7 Å². The molecule has 0 aliphatic carbocycles. The Hall–Kier alpha value is -1.35. The van der Waals surface area contributed by atoms with E-state index in [1.54, 1.807) is 0 Å². The van der Waals surface area contributed by atoms with E-state index in [0.717, 1.165) is 16.8 Å². The molecule has 2 rings (SSSR count). The highest BCUT2D eigenvalue weighted by molar-refractivity contribution is 7.71. The predicted molar refractivity (Wildman–Crippen MR) is 71.3 cm³/mol. The van der Waals surface area contributed by atoms with Crippen LogP contribution in [0.4, 0.5) is 0 Å². The Morgan fingerprint density at radius 3 is 2.88 bits per heavy atom. The summed E-state index contributed by atoms with van der Waals surface area (Å²) < 4.78 is 2.92. The van der Waals surface area contributed by atoms with E-state index in [1.807, 2.05) is 0 Å². The molecule has 0 aliphatic rings. The summed E-state index contributed by atoms with van der Waals surface area (Å²) in [4.78, 5) is 3.27. The fourth-order valence-corrected chi connectivity index (χ4v) is 2.05. The Morgan fingerprint density at radius 2 is 2.19 bits per heavy atom. The molecule has 16 heavy (non-hydrogen) atoms.